The van der Waals surface area contributed by atoms with E-state index in [1.165, 1.54) is 11.0 Å². The summed E-state index contributed by atoms with van der Waals surface area (Å²) < 4.78 is 1.71. The Balaban J connectivity index is 1.75. The summed E-state index contributed by atoms with van der Waals surface area (Å²) >= 11 is 6.49. The summed E-state index contributed by atoms with van der Waals surface area (Å²) in [4.78, 5) is 25.2. The largest absolute Gasteiger partial charge is 0.366 e. The predicted molar refractivity (Wildman–Crippen MR) is 115 cm³/mol. The number of aromatic nitrogens is 2. The first kappa shape index (κ1) is 20.4. The third-order valence-corrected chi connectivity index (χ3v) is 4.95. The Morgan fingerprint density at radius 1 is 1.14 bits per heavy atom. The molecule has 7 heteroatoms. The number of aryl methyl sites for hydroxylation is 1. The molecule has 0 atom stereocenters. The fraction of sp³-hybridized carbons (Fsp3) is 0.136. The van der Waals surface area contributed by atoms with E-state index >= 15 is 0 Å². The number of primary amides is 1. The molecule has 148 valence electrons. The molecule has 0 radical (unpaired) electrons. The summed E-state index contributed by atoms with van der Waals surface area (Å²) in [6.07, 6.45) is 3.12. The van der Waals surface area contributed by atoms with Crippen LogP contribution in [0.15, 0.2) is 60.7 Å². The van der Waals surface area contributed by atoms with Crippen LogP contribution < -0.4 is 10.6 Å². The van der Waals surface area contributed by atoms with E-state index in [1.54, 1.807) is 42.1 Å². The van der Waals surface area contributed by atoms with Crippen molar-refractivity contribution < 1.29 is 9.59 Å². The highest BCUT2D eigenvalue weighted by Crippen LogP contribution is 2.23. The molecule has 0 bridgehead atoms. The van der Waals surface area contributed by atoms with Crippen molar-refractivity contribution in [2.75, 3.05) is 11.9 Å². The molecule has 0 aliphatic carbocycles. The van der Waals surface area contributed by atoms with Crippen LogP contribution in [0.5, 0.6) is 0 Å². The number of rotatable bonds is 6. The normalized spacial score (nSPS) is 11.0. The van der Waals surface area contributed by atoms with Crippen molar-refractivity contribution in [2.24, 2.45) is 5.73 Å². The van der Waals surface area contributed by atoms with E-state index in [2.05, 4.69) is 5.10 Å². The number of carbonyl (C=O) groups is 2. The quantitative estimate of drug-likeness (QED) is 0.632. The van der Waals surface area contributed by atoms with Crippen molar-refractivity contribution in [1.82, 2.24) is 9.78 Å². The fourth-order valence-electron chi connectivity index (χ4n) is 2.86. The standard InChI is InChI=1S/C22H21ClN4O2/c1-15-19(21(23)27(25-15)14-16-6-4-3-5-7-16)12-13-20(28)26(2)18-10-8-17(9-11-18)22(24)29/h3-13H,14H2,1-2H3,(H2,24,29). The van der Waals surface area contributed by atoms with Crippen LogP contribution in [0.2, 0.25) is 5.15 Å². The monoisotopic (exact) mass is 408 g/mol. The maximum Gasteiger partial charge on any atom is 0.250 e. The molecule has 1 heterocycles. The van der Waals surface area contributed by atoms with E-state index in [4.69, 9.17) is 17.3 Å². The van der Waals surface area contributed by atoms with Gasteiger partial charge in [-0.15, -0.1) is 0 Å². The zero-order valence-corrected chi connectivity index (χ0v) is 16.9. The van der Waals surface area contributed by atoms with Crippen LogP contribution in [0, 0.1) is 6.92 Å². The number of halogens is 1. The van der Waals surface area contributed by atoms with E-state index < -0.39 is 5.91 Å². The number of likely N-dealkylation sites (N-methyl/N-ethyl adjacent to an activating group) is 1. The molecule has 1 aromatic heterocycles. The molecule has 0 unspecified atom stereocenters. The minimum absolute atomic E-state index is 0.233. The minimum atomic E-state index is -0.511. The number of anilines is 1. The Kier molecular flexibility index (Phi) is 6.14. The molecule has 0 saturated heterocycles. The molecule has 0 saturated carbocycles. The van der Waals surface area contributed by atoms with Crippen LogP contribution in [0.3, 0.4) is 0 Å². The van der Waals surface area contributed by atoms with E-state index in [1.807, 2.05) is 37.3 Å². The molecule has 0 spiro atoms. The maximum atomic E-state index is 12.5. The van der Waals surface area contributed by atoms with E-state index in [9.17, 15) is 9.59 Å². The molecule has 2 amide bonds. The molecule has 6 nitrogen and oxygen atoms in total. The molecular weight excluding hydrogens is 388 g/mol. The van der Waals surface area contributed by atoms with Gasteiger partial charge in [0.25, 0.3) is 5.91 Å². The summed E-state index contributed by atoms with van der Waals surface area (Å²) in [7, 11) is 1.65. The van der Waals surface area contributed by atoms with Crippen molar-refractivity contribution >= 4 is 35.2 Å². The number of nitrogens with two attached hydrogens (primary N) is 1. The predicted octanol–water partition coefficient (Wildman–Crippen LogP) is 3.67. The number of carbonyl (C=O) groups excluding carboxylic acids is 2. The van der Waals surface area contributed by atoms with Gasteiger partial charge >= 0.3 is 0 Å². The lowest BCUT2D eigenvalue weighted by Crippen LogP contribution is -2.24. The van der Waals surface area contributed by atoms with Crippen molar-refractivity contribution in [3.8, 4) is 0 Å². The maximum absolute atomic E-state index is 12.5. The lowest BCUT2D eigenvalue weighted by atomic mass is 10.2. The zero-order valence-electron chi connectivity index (χ0n) is 16.2. The number of hydrogen-bond acceptors (Lipinski definition) is 3. The number of amides is 2. The van der Waals surface area contributed by atoms with Gasteiger partial charge in [0, 0.05) is 29.9 Å². The second-order valence-corrected chi connectivity index (χ2v) is 6.93. The number of nitrogens with zero attached hydrogens (tertiary/aromatic N) is 3. The Labute approximate surface area is 174 Å². The molecule has 0 aliphatic rings. The van der Waals surface area contributed by atoms with Crippen molar-refractivity contribution in [2.45, 2.75) is 13.5 Å². The Bertz CT molecular complexity index is 1060. The van der Waals surface area contributed by atoms with Gasteiger partial charge in [0.2, 0.25) is 5.91 Å². The van der Waals surface area contributed by atoms with E-state index in [0.29, 0.717) is 28.5 Å². The summed E-state index contributed by atoms with van der Waals surface area (Å²) in [6, 6.07) is 16.4. The number of hydrogen-bond donors (Lipinski definition) is 1. The van der Waals surface area contributed by atoms with Crippen LogP contribution in [0.1, 0.15) is 27.2 Å². The molecule has 3 rings (SSSR count). The Morgan fingerprint density at radius 3 is 2.41 bits per heavy atom. The summed E-state index contributed by atoms with van der Waals surface area (Å²) in [5.41, 5.74) is 8.80. The molecule has 2 N–H and O–H groups in total. The summed E-state index contributed by atoms with van der Waals surface area (Å²) in [6.45, 7) is 2.40. The van der Waals surface area contributed by atoms with Gasteiger partial charge < -0.3 is 10.6 Å². The van der Waals surface area contributed by atoms with Gasteiger partial charge in [0.15, 0.2) is 0 Å². The first-order valence-corrected chi connectivity index (χ1v) is 9.37. The van der Waals surface area contributed by atoms with Crippen LogP contribution in [0.4, 0.5) is 5.69 Å². The van der Waals surface area contributed by atoms with Gasteiger partial charge in [-0.3, -0.25) is 9.59 Å². The SMILES string of the molecule is Cc1nn(Cc2ccccc2)c(Cl)c1C=CC(=O)N(C)c1ccc(C(N)=O)cc1. The smallest absolute Gasteiger partial charge is 0.250 e. The second-order valence-electron chi connectivity index (χ2n) is 6.57. The van der Waals surface area contributed by atoms with Crippen molar-refractivity contribution in [1.29, 1.82) is 0 Å². The van der Waals surface area contributed by atoms with Crippen LogP contribution >= 0.6 is 11.6 Å². The highest BCUT2D eigenvalue weighted by molar-refractivity contribution is 6.31. The Hall–Kier alpha value is -3.38. The molecular formula is C22H21ClN4O2. The van der Waals surface area contributed by atoms with Crippen molar-refractivity contribution in [3.05, 3.63) is 88.2 Å². The fourth-order valence-corrected chi connectivity index (χ4v) is 3.16. The summed E-state index contributed by atoms with van der Waals surface area (Å²) in [5, 5.41) is 4.95. The van der Waals surface area contributed by atoms with Crippen molar-refractivity contribution in [3.63, 3.8) is 0 Å². The zero-order chi connectivity index (χ0) is 21.0. The first-order valence-electron chi connectivity index (χ1n) is 8.99. The minimum Gasteiger partial charge on any atom is -0.366 e. The number of benzene rings is 2. The van der Waals surface area contributed by atoms with Gasteiger partial charge in [-0.2, -0.15) is 5.10 Å². The van der Waals surface area contributed by atoms with Crippen LogP contribution in [-0.2, 0) is 11.3 Å². The van der Waals surface area contributed by atoms with Gasteiger partial charge in [-0.05, 0) is 42.8 Å². The van der Waals surface area contributed by atoms with Gasteiger partial charge in [-0.25, -0.2) is 4.68 Å². The van der Waals surface area contributed by atoms with Gasteiger partial charge in [0.05, 0.1) is 12.2 Å². The highest BCUT2D eigenvalue weighted by atomic mass is 35.5. The lowest BCUT2D eigenvalue weighted by molar-refractivity contribution is -0.113. The van der Waals surface area contributed by atoms with Crippen LogP contribution in [0.25, 0.3) is 6.08 Å². The molecule has 2 aromatic carbocycles. The average Bonchev–Trinajstić information content (AvgIpc) is 2.99. The van der Waals surface area contributed by atoms with Crippen LogP contribution in [-0.4, -0.2) is 28.6 Å². The molecule has 3 aromatic rings. The van der Waals surface area contributed by atoms with Gasteiger partial charge in [-0.1, -0.05) is 41.9 Å². The first-order chi connectivity index (χ1) is 13.9. The van der Waals surface area contributed by atoms with Gasteiger partial charge in [0.1, 0.15) is 5.15 Å². The second kappa shape index (κ2) is 8.75. The average molecular weight is 409 g/mol. The van der Waals surface area contributed by atoms with E-state index in [-0.39, 0.29) is 5.91 Å². The third kappa shape index (κ3) is 4.73. The topological polar surface area (TPSA) is 81.2 Å². The van der Waals surface area contributed by atoms with E-state index in [0.717, 1.165) is 11.3 Å². The third-order valence-electron chi connectivity index (χ3n) is 4.55. The molecule has 0 aliphatic heterocycles. The summed E-state index contributed by atoms with van der Waals surface area (Å²) in [5.74, 6) is -0.744. The highest BCUT2D eigenvalue weighted by Gasteiger charge is 2.13. The Morgan fingerprint density at radius 2 is 1.79 bits per heavy atom. The molecule has 29 heavy (non-hydrogen) atoms. The lowest BCUT2D eigenvalue weighted by Gasteiger charge is -2.15. The molecule has 0 fully saturated rings.